The van der Waals surface area contributed by atoms with Gasteiger partial charge in [0.15, 0.2) is 5.82 Å². The predicted molar refractivity (Wildman–Crippen MR) is 65.6 cm³/mol. The van der Waals surface area contributed by atoms with Crippen molar-refractivity contribution < 1.29 is 23.6 Å². The van der Waals surface area contributed by atoms with Gasteiger partial charge in [0.1, 0.15) is 0 Å². The highest BCUT2D eigenvalue weighted by atomic mass is 19.1. The Labute approximate surface area is 117 Å². The molecule has 3 rings (SSSR count). The Balaban J connectivity index is 1.87. The fourth-order valence-electron chi connectivity index (χ4n) is 1.93. The molecular weight excluding hydrogens is 281 g/mol. The molecule has 0 radical (unpaired) electrons. The van der Waals surface area contributed by atoms with Crippen molar-refractivity contribution in [1.29, 1.82) is 0 Å². The molecule has 106 valence electrons. The Bertz CT molecular complexity index is 748. The first kappa shape index (κ1) is 13.0. The largest absolute Gasteiger partial charge is 0.387 e. The highest BCUT2D eigenvalue weighted by molar-refractivity contribution is 6.21. The molecule has 0 bridgehead atoms. The molecule has 8 heteroatoms. The molecule has 1 aliphatic heterocycles. The number of halogens is 1. The molecule has 0 atom stereocenters. The van der Waals surface area contributed by atoms with Crippen molar-refractivity contribution in [1.82, 2.24) is 15.3 Å². The summed E-state index contributed by atoms with van der Waals surface area (Å²) in [6, 6.07) is 6.02. The Hall–Kier alpha value is -3.03. The number of carbonyl (C=O) groups excluding carboxylic acids is 3. The van der Waals surface area contributed by atoms with Gasteiger partial charge in [0.05, 0.1) is 16.8 Å². The number of rotatable bonds is 2. The first-order valence-electron chi connectivity index (χ1n) is 5.91. The van der Waals surface area contributed by atoms with Crippen LogP contribution in [0.2, 0.25) is 0 Å². The van der Waals surface area contributed by atoms with E-state index in [0.29, 0.717) is 5.06 Å². The minimum atomic E-state index is -1.23. The number of nitrogens with zero attached hydrogens (tertiary/aromatic N) is 2. The molecule has 2 amide bonds. The molecular formula is C13H8FN3O4. The average Bonchev–Trinajstić information content (AvgIpc) is 2.93. The summed E-state index contributed by atoms with van der Waals surface area (Å²) < 4.78 is 13.6. The number of aromatic nitrogens is 2. The van der Waals surface area contributed by atoms with Gasteiger partial charge in [-0.15, -0.1) is 0 Å². The molecule has 0 spiro atoms. The number of carbonyl (C=O) groups is 3. The number of hydroxylamine groups is 2. The van der Waals surface area contributed by atoms with Crippen LogP contribution in [0.1, 0.15) is 36.9 Å². The summed E-state index contributed by atoms with van der Waals surface area (Å²) in [4.78, 5) is 40.4. The Kier molecular flexibility index (Phi) is 2.79. The third-order valence-corrected chi connectivity index (χ3v) is 3.00. The molecule has 21 heavy (non-hydrogen) atoms. The summed E-state index contributed by atoms with van der Waals surface area (Å²) in [6.45, 7) is 1.38. The molecule has 0 saturated heterocycles. The smallest absolute Gasteiger partial charge is 0.322 e. The van der Waals surface area contributed by atoms with Crippen LogP contribution in [0, 0.1) is 12.7 Å². The number of imide groups is 1. The molecule has 0 fully saturated rings. The van der Waals surface area contributed by atoms with Gasteiger partial charge in [0.2, 0.25) is 5.69 Å². The fourth-order valence-corrected chi connectivity index (χ4v) is 1.93. The maximum Gasteiger partial charge on any atom is 0.387 e. The van der Waals surface area contributed by atoms with E-state index in [-0.39, 0.29) is 16.8 Å². The van der Waals surface area contributed by atoms with Gasteiger partial charge in [0.25, 0.3) is 11.8 Å². The second kappa shape index (κ2) is 4.51. The van der Waals surface area contributed by atoms with E-state index in [9.17, 15) is 18.8 Å². The van der Waals surface area contributed by atoms with Gasteiger partial charge in [-0.3, -0.25) is 14.7 Å². The van der Waals surface area contributed by atoms with Gasteiger partial charge >= 0.3 is 5.97 Å². The minimum Gasteiger partial charge on any atom is -0.322 e. The molecule has 1 aliphatic rings. The molecule has 0 aliphatic carbocycles. The van der Waals surface area contributed by atoms with Crippen molar-refractivity contribution in [2.45, 2.75) is 6.92 Å². The van der Waals surface area contributed by atoms with E-state index in [0.717, 1.165) is 0 Å². The third-order valence-electron chi connectivity index (χ3n) is 3.00. The summed E-state index contributed by atoms with van der Waals surface area (Å²) in [7, 11) is 0. The SMILES string of the molecule is Cc1[nH]nc(C(=O)ON2C(=O)c3ccccc3C2=O)c1F. The first-order chi connectivity index (χ1) is 10.0. The fraction of sp³-hybridized carbons (Fsp3) is 0.0769. The van der Waals surface area contributed by atoms with Gasteiger partial charge in [-0.1, -0.05) is 17.2 Å². The van der Waals surface area contributed by atoms with Gasteiger partial charge in [0, 0.05) is 0 Å². The maximum atomic E-state index is 13.6. The summed E-state index contributed by atoms with van der Waals surface area (Å²) in [5.41, 5.74) is -0.337. The Morgan fingerprint density at radius 1 is 1.24 bits per heavy atom. The zero-order chi connectivity index (χ0) is 15.1. The highest BCUT2D eigenvalue weighted by Gasteiger charge is 2.39. The van der Waals surface area contributed by atoms with Crippen LogP contribution in [0.5, 0.6) is 0 Å². The van der Waals surface area contributed by atoms with Crippen molar-refractivity contribution in [2.24, 2.45) is 0 Å². The standard InChI is InChI=1S/C13H8FN3O4/c1-6-9(14)10(16-15-6)13(20)21-17-11(18)7-4-2-3-5-8(7)12(17)19/h2-5H,1H3,(H,15,16). The lowest BCUT2D eigenvalue weighted by atomic mass is 10.1. The minimum absolute atomic E-state index is 0.0457. The van der Waals surface area contributed by atoms with Crippen LogP contribution >= 0.6 is 0 Å². The number of amides is 2. The van der Waals surface area contributed by atoms with Crippen LogP contribution in [-0.2, 0) is 4.84 Å². The lowest BCUT2D eigenvalue weighted by Crippen LogP contribution is -2.33. The first-order valence-corrected chi connectivity index (χ1v) is 5.91. The molecule has 1 aromatic carbocycles. The molecule has 0 unspecified atom stereocenters. The van der Waals surface area contributed by atoms with Crippen LogP contribution in [0.25, 0.3) is 0 Å². The second-order valence-electron chi connectivity index (χ2n) is 4.34. The molecule has 2 heterocycles. The Morgan fingerprint density at radius 2 is 1.81 bits per heavy atom. The number of H-pyrrole nitrogens is 1. The van der Waals surface area contributed by atoms with Gasteiger partial charge < -0.3 is 4.84 Å². The van der Waals surface area contributed by atoms with Crippen LogP contribution in [0.4, 0.5) is 4.39 Å². The quantitative estimate of drug-likeness (QED) is 0.839. The van der Waals surface area contributed by atoms with Gasteiger partial charge in [-0.25, -0.2) is 9.18 Å². The second-order valence-corrected chi connectivity index (χ2v) is 4.34. The van der Waals surface area contributed by atoms with Crippen molar-refractivity contribution in [3.8, 4) is 0 Å². The summed E-state index contributed by atoms with van der Waals surface area (Å²) in [5.74, 6) is -3.68. The van der Waals surface area contributed by atoms with Crippen molar-refractivity contribution in [3.05, 3.63) is 52.6 Å². The topological polar surface area (TPSA) is 92.4 Å². The number of benzene rings is 1. The summed E-state index contributed by atoms with van der Waals surface area (Å²) in [5, 5.41) is 6.00. The zero-order valence-corrected chi connectivity index (χ0v) is 10.7. The average molecular weight is 289 g/mol. The van der Waals surface area contributed by atoms with Crippen LogP contribution < -0.4 is 0 Å². The van der Waals surface area contributed by atoms with Crippen LogP contribution in [-0.4, -0.2) is 33.0 Å². The lowest BCUT2D eigenvalue weighted by Gasteiger charge is -2.11. The van der Waals surface area contributed by atoms with E-state index < -0.39 is 29.3 Å². The van der Waals surface area contributed by atoms with E-state index in [4.69, 9.17) is 0 Å². The number of nitrogens with one attached hydrogen (secondary N) is 1. The number of aryl methyl sites for hydroxylation is 1. The van der Waals surface area contributed by atoms with E-state index >= 15 is 0 Å². The molecule has 2 aromatic rings. The normalized spacial score (nSPS) is 13.5. The van der Waals surface area contributed by atoms with E-state index in [1.807, 2.05) is 0 Å². The van der Waals surface area contributed by atoms with E-state index in [1.54, 1.807) is 12.1 Å². The van der Waals surface area contributed by atoms with Crippen LogP contribution in [0.15, 0.2) is 24.3 Å². The molecule has 7 nitrogen and oxygen atoms in total. The number of fused-ring (bicyclic) bond motifs is 1. The molecule has 1 N–H and O–H groups in total. The number of hydrogen-bond donors (Lipinski definition) is 1. The lowest BCUT2D eigenvalue weighted by molar-refractivity contribution is -0.0591. The van der Waals surface area contributed by atoms with E-state index in [1.165, 1.54) is 19.1 Å². The predicted octanol–water partition coefficient (Wildman–Crippen LogP) is 1.23. The van der Waals surface area contributed by atoms with Crippen molar-refractivity contribution >= 4 is 17.8 Å². The van der Waals surface area contributed by atoms with E-state index in [2.05, 4.69) is 15.0 Å². The van der Waals surface area contributed by atoms with Crippen LogP contribution in [0.3, 0.4) is 0 Å². The maximum absolute atomic E-state index is 13.6. The molecule has 0 saturated carbocycles. The van der Waals surface area contributed by atoms with Gasteiger partial charge in [-0.05, 0) is 19.1 Å². The summed E-state index contributed by atoms with van der Waals surface area (Å²) in [6.07, 6.45) is 0. The van der Waals surface area contributed by atoms with Crippen molar-refractivity contribution in [3.63, 3.8) is 0 Å². The third kappa shape index (κ3) is 1.88. The molecule has 1 aromatic heterocycles. The highest BCUT2D eigenvalue weighted by Crippen LogP contribution is 2.23. The van der Waals surface area contributed by atoms with Crippen molar-refractivity contribution in [2.75, 3.05) is 0 Å². The zero-order valence-electron chi connectivity index (χ0n) is 10.7. The number of hydrogen-bond acceptors (Lipinski definition) is 5. The Morgan fingerprint density at radius 3 is 2.29 bits per heavy atom. The van der Waals surface area contributed by atoms with Gasteiger partial charge in [-0.2, -0.15) is 5.10 Å². The monoisotopic (exact) mass is 289 g/mol. The summed E-state index contributed by atoms with van der Waals surface area (Å²) >= 11 is 0. The number of aromatic amines is 1.